The first-order valence-electron chi connectivity index (χ1n) is 5.15. The van der Waals surface area contributed by atoms with Crippen molar-refractivity contribution >= 4 is 44.5 Å². The summed E-state index contributed by atoms with van der Waals surface area (Å²) in [6, 6.07) is 0. The third-order valence-corrected chi connectivity index (χ3v) is 4.26. The van der Waals surface area contributed by atoms with E-state index in [1.165, 1.54) is 13.3 Å². The molecule has 10 heteroatoms. The van der Waals surface area contributed by atoms with E-state index in [4.69, 9.17) is 11.6 Å². The van der Waals surface area contributed by atoms with Gasteiger partial charge in [0.25, 0.3) is 0 Å². The number of fused-ring (bicyclic) bond motifs is 1. The van der Waals surface area contributed by atoms with Crippen LogP contribution in [0.25, 0.3) is 11.2 Å². The number of H-pyrrole nitrogens is 1. The van der Waals surface area contributed by atoms with Gasteiger partial charge in [0, 0.05) is 6.26 Å². The molecule has 0 spiro atoms. The zero-order chi connectivity index (χ0) is 14.2. The third-order valence-electron chi connectivity index (χ3n) is 2.49. The van der Waals surface area contributed by atoms with Crippen LogP contribution in [0.4, 0.5) is 5.95 Å². The summed E-state index contributed by atoms with van der Waals surface area (Å²) in [5.41, 5.74) is 0.720. The Hall–Kier alpha value is -1.74. The van der Waals surface area contributed by atoms with Crippen LogP contribution in [0.2, 0.25) is 5.15 Å². The zero-order valence-electron chi connectivity index (χ0n) is 10.0. The number of carbonyl (C=O) groups excluding carboxylic acids is 1. The fourth-order valence-corrected chi connectivity index (χ4v) is 1.93. The number of nitrogens with one attached hydrogen (secondary N) is 2. The Kier molecular flexibility index (Phi) is 3.42. The highest BCUT2D eigenvalue weighted by molar-refractivity contribution is 7.92. The zero-order valence-corrected chi connectivity index (χ0v) is 11.6. The van der Waals surface area contributed by atoms with Crippen molar-refractivity contribution in [1.29, 1.82) is 0 Å². The molecule has 102 valence electrons. The lowest BCUT2D eigenvalue weighted by Gasteiger charge is -2.09. The lowest BCUT2D eigenvalue weighted by molar-refractivity contribution is -0.115. The largest absolute Gasteiger partial charge is 0.341 e. The molecule has 2 aromatic rings. The second-order valence-electron chi connectivity index (χ2n) is 3.90. The molecule has 1 atom stereocenters. The second-order valence-corrected chi connectivity index (χ2v) is 6.62. The Bertz CT molecular complexity index is 741. The molecule has 0 aliphatic heterocycles. The van der Waals surface area contributed by atoms with Crippen LogP contribution in [0.1, 0.15) is 6.92 Å². The number of aromatic amines is 1. The van der Waals surface area contributed by atoms with Gasteiger partial charge in [0.15, 0.2) is 20.6 Å². The number of nitrogens with zero attached hydrogens (tertiary/aromatic N) is 3. The van der Waals surface area contributed by atoms with Gasteiger partial charge < -0.3 is 4.98 Å². The van der Waals surface area contributed by atoms with E-state index in [2.05, 4.69) is 25.3 Å². The molecule has 0 saturated carbocycles. The average molecular weight is 304 g/mol. The van der Waals surface area contributed by atoms with Gasteiger partial charge in [-0.25, -0.2) is 13.4 Å². The van der Waals surface area contributed by atoms with Gasteiger partial charge >= 0.3 is 0 Å². The number of hydrogen-bond acceptors (Lipinski definition) is 6. The highest BCUT2D eigenvalue weighted by Gasteiger charge is 2.24. The molecule has 0 aliphatic rings. The molecule has 0 fully saturated rings. The van der Waals surface area contributed by atoms with Crippen LogP contribution in [-0.2, 0) is 14.6 Å². The Morgan fingerprint density at radius 2 is 2.16 bits per heavy atom. The average Bonchev–Trinajstić information content (AvgIpc) is 2.75. The Balaban J connectivity index is 2.29. The molecule has 2 rings (SSSR count). The maximum absolute atomic E-state index is 11.7. The number of aromatic nitrogens is 4. The van der Waals surface area contributed by atoms with Gasteiger partial charge in [-0.15, -0.1) is 0 Å². The van der Waals surface area contributed by atoms with Gasteiger partial charge in [-0.1, -0.05) is 11.6 Å². The highest BCUT2D eigenvalue weighted by atomic mass is 35.5. The van der Waals surface area contributed by atoms with Crippen molar-refractivity contribution in [3.05, 3.63) is 11.5 Å². The monoisotopic (exact) mass is 303 g/mol. The van der Waals surface area contributed by atoms with E-state index in [0.717, 1.165) is 6.26 Å². The molecule has 2 aromatic heterocycles. The van der Waals surface area contributed by atoms with E-state index in [1.807, 2.05) is 0 Å². The fraction of sp³-hybridized carbons (Fsp3) is 0.333. The SMILES string of the molecule is CC(C(=O)Nc1nc(Cl)c2[nH]cnc2n1)S(C)(=O)=O. The molecule has 1 unspecified atom stereocenters. The quantitative estimate of drug-likeness (QED) is 0.791. The van der Waals surface area contributed by atoms with Crippen molar-refractivity contribution in [1.82, 2.24) is 19.9 Å². The summed E-state index contributed by atoms with van der Waals surface area (Å²) >= 11 is 5.86. The third kappa shape index (κ3) is 2.82. The van der Waals surface area contributed by atoms with Crippen molar-refractivity contribution in [3.8, 4) is 0 Å². The number of amides is 1. The van der Waals surface area contributed by atoms with Crippen LogP contribution >= 0.6 is 11.6 Å². The number of imidazole rings is 1. The van der Waals surface area contributed by atoms with Gasteiger partial charge in [-0.2, -0.15) is 9.97 Å². The number of halogens is 1. The summed E-state index contributed by atoms with van der Waals surface area (Å²) in [5.74, 6) is -0.821. The van der Waals surface area contributed by atoms with Gasteiger partial charge in [0.1, 0.15) is 10.8 Å². The molecular weight excluding hydrogens is 294 g/mol. The Labute approximate surface area is 113 Å². The number of anilines is 1. The van der Waals surface area contributed by atoms with E-state index in [9.17, 15) is 13.2 Å². The lowest BCUT2D eigenvalue weighted by Crippen LogP contribution is -2.32. The van der Waals surface area contributed by atoms with Crippen molar-refractivity contribution in [2.75, 3.05) is 11.6 Å². The Morgan fingerprint density at radius 1 is 1.47 bits per heavy atom. The van der Waals surface area contributed by atoms with Crippen LogP contribution in [0.5, 0.6) is 0 Å². The lowest BCUT2D eigenvalue weighted by atomic mass is 10.4. The van der Waals surface area contributed by atoms with Crippen LogP contribution in [-0.4, -0.2) is 45.8 Å². The fourth-order valence-electron chi connectivity index (χ4n) is 1.26. The summed E-state index contributed by atoms with van der Waals surface area (Å²) < 4.78 is 22.5. The van der Waals surface area contributed by atoms with Crippen LogP contribution in [0.3, 0.4) is 0 Å². The normalized spacial score (nSPS) is 13.4. The molecule has 8 nitrogen and oxygen atoms in total. The van der Waals surface area contributed by atoms with Gasteiger partial charge in [-0.05, 0) is 6.92 Å². The van der Waals surface area contributed by atoms with E-state index in [0.29, 0.717) is 5.52 Å². The molecule has 19 heavy (non-hydrogen) atoms. The molecule has 2 heterocycles. The van der Waals surface area contributed by atoms with Crippen molar-refractivity contribution in [2.24, 2.45) is 0 Å². The number of sulfone groups is 1. The maximum atomic E-state index is 11.7. The number of hydrogen-bond donors (Lipinski definition) is 2. The topological polar surface area (TPSA) is 118 Å². The first-order valence-corrected chi connectivity index (χ1v) is 7.48. The van der Waals surface area contributed by atoms with E-state index < -0.39 is 21.0 Å². The summed E-state index contributed by atoms with van der Waals surface area (Å²) in [6.45, 7) is 1.28. The molecule has 2 N–H and O–H groups in total. The molecule has 0 aromatic carbocycles. The molecule has 0 bridgehead atoms. The van der Waals surface area contributed by atoms with E-state index in [1.54, 1.807) is 0 Å². The van der Waals surface area contributed by atoms with Crippen LogP contribution in [0, 0.1) is 0 Å². The second kappa shape index (κ2) is 4.74. The first kappa shape index (κ1) is 13.7. The maximum Gasteiger partial charge on any atom is 0.244 e. The van der Waals surface area contributed by atoms with E-state index in [-0.39, 0.29) is 16.7 Å². The van der Waals surface area contributed by atoms with Crippen molar-refractivity contribution < 1.29 is 13.2 Å². The Morgan fingerprint density at radius 3 is 2.79 bits per heavy atom. The highest BCUT2D eigenvalue weighted by Crippen LogP contribution is 2.18. The molecule has 0 radical (unpaired) electrons. The number of rotatable bonds is 3. The minimum atomic E-state index is -3.49. The smallest absolute Gasteiger partial charge is 0.244 e. The molecule has 0 saturated heterocycles. The molecular formula is C9H10ClN5O3S. The molecule has 1 amide bonds. The summed E-state index contributed by atoms with van der Waals surface area (Å²) in [4.78, 5) is 26.1. The predicted molar refractivity (Wildman–Crippen MR) is 69.6 cm³/mol. The van der Waals surface area contributed by atoms with Crippen molar-refractivity contribution in [3.63, 3.8) is 0 Å². The summed E-state index contributed by atoms with van der Waals surface area (Å²) in [6.07, 6.45) is 2.36. The van der Waals surface area contributed by atoms with Gasteiger partial charge in [0.2, 0.25) is 11.9 Å². The van der Waals surface area contributed by atoms with Gasteiger partial charge in [0.05, 0.1) is 6.33 Å². The number of carbonyl (C=O) groups is 1. The van der Waals surface area contributed by atoms with Crippen LogP contribution < -0.4 is 5.32 Å². The van der Waals surface area contributed by atoms with Crippen LogP contribution in [0.15, 0.2) is 6.33 Å². The van der Waals surface area contributed by atoms with Crippen molar-refractivity contribution in [2.45, 2.75) is 12.2 Å². The van der Waals surface area contributed by atoms with E-state index >= 15 is 0 Å². The molecule has 0 aliphatic carbocycles. The minimum Gasteiger partial charge on any atom is -0.341 e. The summed E-state index contributed by atoms with van der Waals surface area (Å²) in [7, 11) is -3.49. The first-order chi connectivity index (χ1) is 8.79. The minimum absolute atomic E-state index is 0.0878. The predicted octanol–water partition coefficient (Wildman–Crippen LogP) is 0.378. The summed E-state index contributed by atoms with van der Waals surface area (Å²) in [5, 5.41) is 1.18. The standard InChI is InChI=1S/C9H10ClN5O3S/c1-4(19(2,17)18)8(16)15-9-13-6(10)5-7(14-9)12-3-11-5/h3-4H,1-2H3,(H2,11,12,13,14,15,16). The van der Waals surface area contributed by atoms with Gasteiger partial charge in [-0.3, -0.25) is 10.1 Å².